The van der Waals surface area contributed by atoms with Gasteiger partial charge in [0.25, 0.3) is 0 Å². The Labute approximate surface area is 224 Å². The van der Waals surface area contributed by atoms with Crippen LogP contribution >= 0.6 is 11.8 Å². The first kappa shape index (κ1) is 26.7. The Kier molecular flexibility index (Phi) is 8.60. The number of allylic oxidation sites excluding steroid dienone is 2. The largest absolute Gasteiger partial charge is 0.481 e. The molecule has 3 amide bonds. The van der Waals surface area contributed by atoms with Crippen molar-refractivity contribution in [1.29, 1.82) is 0 Å². The van der Waals surface area contributed by atoms with Gasteiger partial charge in [-0.1, -0.05) is 48.6 Å². The van der Waals surface area contributed by atoms with Crippen molar-refractivity contribution in [1.82, 2.24) is 0 Å². The highest BCUT2D eigenvalue weighted by atomic mass is 32.2. The Morgan fingerprint density at radius 1 is 0.816 bits per heavy atom. The summed E-state index contributed by atoms with van der Waals surface area (Å²) in [6.45, 7) is 0. The van der Waals surface area contributed by atoms with Crippen LogP contribution < -0.4 is 16.4 Å². The van der Waals surface area contributed by atoms with E-state index < -0.39 is 29.0 Å². The second-order valence-electron chi connectivity index (χ2n) is 8.85. The average Bonchev–Trinajstić information content (AvgIpc) is 2.92. The molecule has 0 aliphatic heterocycles. The molecule has 8 nitrogen and oxygen atoms in total. The van der Waals surface area contributed by atoms with Crippen molar-refractivity contribution in [3.8, 4) is 0 Å². The zero-order valence-corrected chi connectivity index (χ0v) is 21.2. The highest BCUT2D eigenvalue weighted by molar-refractivity contribution is 8.00. The number of thioether (sulfide) groups is 1. The lowest BCUT2D eigenvalue weighted by molar-refractivity contribution is -0.146. The predicted octanol–water partition coefficient (Wildman–Crippen LogP) is 4.86. The highest BCUT2D eigenvalue weighted by Crippen LogP contribution is 2.37. The van der Waals surface area contributed by atoms with E-state index in [1.807, 2.05) is 42.5 Å². The number of carbonyl (C=O) groups excluding carboxylic acids is 3. The topological polar surface area (TPSA) is 139 Å². The molecule has 9 heteroatoms. The van der Waals surface area contributed by atoms with Crippen molar-refractivity contribution in [3.05, 3.63) is 102 Å². The number of carboxylic acid groups (broad SMARTS) is 1. The molecule has 0 heterocycles. The molecule has 0 spiro atoms. The fourth-order valence-corrected chi connectivity index (χ4v) is 5.30. The average molecular weight is 530 g/mol. The second-order valence-corrected chi connectivity index (χ2v) is 10.0. The van der Waals surface area contributed by atoms with Gasteiger partial charge in [0, 0.05) is 21.8 Å². The molecule has 4 rings (SSSR count). The molecule has 3 atom stereocenters. The lowest BCUT2D eigenvalue weighted by Gasteiger charge is -2.24. The van der Waals surface area contributed by atoms with Crippen molar-refractivity contribution < 1.29 is 24.3 Å². The quantitative estimate of drug-likeness (QED) is 0.231. The standard InChI is InChI=1S/C29H27N3O5S/c30-26(33)19-13-15-20(16-14-19)31-28(35)25(18-7-2-1-3-8-18)38-22-10-6-9-21(17-22)32-27(34)23-11-4-5-12-24(23)29(36)37/h1-10,13-17,23-25H,11-12H2,(H2,30,33)(H,31,35)(H,32,34)(H,36,37). The minimum Gasteiger partial charge on any atom is -0.481 e. The minimum atomic E-state index is -0.986. The van der Waals surface area contributed by atoms with Crippen LogP contribution in [0, 0.1) is 11.8 Å². The van der Waals surface area contributed by atoms with Gasteiger partial charge in [-0.3, -0.25) is 19.2 Å². The van der Waals surface area contributed by atoms with E-state index in [-0.39, 0.29) is 11.8 Å². The maximum atomic E-state index is 13.4. The molecule has 0 fully saturated rings. The van der Waals surface area contributed by atoms with Gasteiger partial charge in [0.1, 0.15) is 5.25 Å². The van der Waals surface area contributed by atoms with Gasteiger partial charge in [0.15, 0.2) is 0 Å². The van der Waals surface area contributed by atoms with Crippen molar-refractivity contribution in [2.75, 3.05) is 10.6 Å². The van der Waals surface area contributed by atoms with Gasteiger partial charge in [-0.15, -0.1) is 11.8 Å². The van der Waals surface area contributed by atoms with E-state index in [9.17, 15) is 24.3 Å². The number of nitrogens with one attached hydrogen (secondary N) is 2. The van der Waals surface area contributed by atoms with Crippen LogP contribution in [0.4, 0.5) is 11.4 Å². The lowest BCUT2D eigenvalue weighted by Crippen LogP contribution is -2.34. The first-order valence-corrected chi connectivity index (χ1v) is 12.9. The Morgan fingerprint density at radius 3 is 2.16 bits per heavy atom. The molecule has 5 N–H and O–H groups in total. The van der Waals surface area contributed by atoms with Gasteiger partial charge in [0.2, 0.25) is 17.7 Å². The maximum absolute atomic E-state index is 13.4. The van der Waals surface area contributed by atoms with Gasteiger partial charge in [-0.05, 0) is 60.9 Å². The summed E-state index contributed by atoms with van der Waals surface area (Å²) in [4.78, 5) is 49.9. The first-order chi connectivity index (χ1) is 18.3. The summed E-state index contributed by atoms with van der Waals surface area (Å²) in [5.41, 5.74) is 7.47. The van der Waals surface area contributed by atoms with E-state index >= 15 is 0 Å². The molecule has 0 radical (unpaired) electrons. The third-order valence-electron chi connectivity index (χ3n) is 6.22. The van der Waals surface area contributed by atoms with Gasteiger partial charge in [-0.25, -0.2) is 0 Å². The van der Waals surface area contributed by atoms with Crippen molar-refractivity contribution in [2.24, 2.45) is 17.6 Å². The summed E-state index contributed by atoms with van der Waals surface area (Å²) in [5, 5.41) is 14.6. The summed E-state index contributed by atoms with van der Waals surface area (Å²) >= 11 is 1.32. The normalized spacial score (nSPS) is 17.3. The van der Waals surface area contributed by atoms with Crippen molar-refractivity contribution >= 4 is 46.8 Å². The lowest BCUT2D eigenvalue weighted by atomic mass is 9.82. The zero-order chi connectivity index (χ0) is 27.1. The van der Waals surface area contributed by atoms with Crippen LogP contribution in [-0.2, 0) is 14.4 Å². The number of hydrogen-bond acceptors (Lipinski definition) is 5. The molecule has 38 heavy (non-hydrogen) atoms. The van der Waals surface area contributed by atoms with Crippen LogP contribution in [0.2, 0.25) is 0 Å². The fraction of sp³-hybridized carbons (Fsp3) is 0.172. The number of carboxylic acids is 1. The van der Waals surface area contributed by atoms with Crippen LogP contribution in [0.3, 0.4) is 0 Å². The molecule has 1 aliphatic rings. The number of rotatable bonds is 9. The Hall–Kier alpha value is -4.37. The van der Waals surface area contributed by atoms with E-state index in [2.05, 4.69) is 10.6 Å². The van der Waals surface area contributed by atoms with E-state index in [1.54, 1.807) is 48.5 Å². The van der Waals surface area contributed by atoms with Crippen LogP contribution in [0.25, 0.3) is 0 Å². The Bertz CT molecular complexity index is 1360. The highest BCUT2D eigenvalue weighted by Gasteiger charge is 2.34. The van der Waals surface area contributed by atoms with E-state index in [0.717, 1.165) is 10.5 Å². The number of aliphatic carboxylic acids is 1. The molecule has 0 aromatic heterocycles. The van der Waals surface area contributed by atoms with E-state index in [1.165, 1.54) is 11.8 Å². The maximum Gasteiger partial charge on any atom is 0.307 e. The zero-order valence-electron chi connectivity index (χ0n) is 20.4. The van der Waals surface area contributed by atoms with Crippen LogP contribution in [0.15, 0.2) is 95.9 Å². The molecule has 0 saturated heterocycles. The molecular weight excluding hydrogens is 502 g/mol. The molecule has 3 aromatic carbocycles. The summed E-state index contributed by atoms with van der Waals surface area (Å²) in [5.74, 6) is -3.56. The van der Waals surface area contributed by atoms with Crippen LogP contribution in [0.5, 0.6) is 0 Å². The first-order valence-electron chi connectivity index (χ1n) is 12.0. The number of amides is 3. The van der Waals surface area contributed by atoms with E-state index in [0.29, 0.717) is 29.8 Å². The van der Waals surface area contributed by atoms with Crippen LogP contribution in [-0.4, -0.2) is 28.8 Å². The Balaban J connectivity index is 1.51. The smallest absolute Gasteiger partial charge is 0.307 e. The molecular formula is C29H27N3O5S. The number of carbonyl (C=O) groups is 4. The van der Waals surface area contributed by atoms with Gasteiger partial charge in [-0.2, -0.15) is 0 Å². The van der Waals surface area contributed by atoms with Gasteiger partial charge in [0.05, 0.1) is 11.8 Å². The number of hydrogen-bond donors (Lipinski definition) is 4. The summed E-state index contributed by atoms with van der Waals surface area (Å²) in [6.07, 6.45) is 4.32. The fourth-order valence-electron chi connectivity index (χ4n) is 4.22. The minimum absolute atomic E-state index is 0.263. The number of anilines is 2. The predicted molar refractivity (Wildman–Crippen MR) is 147 cm³/mol. The number of primary amides is 1. The molecule has 0 bridgehead atoms. The number of nitrogens with two attached hydrogens (primary N) is 1. The SMILES string of the molecule is NC(=O)c1ccc(NC(=O)C(Sc2cccc(NC(=O)C3CC=CCC3C(=O)O)c2)c2ccccc2)cc1. The Morgan fingerprint density at radius 2 is 1.50 bits per heavy atom. The third kappa shape index (κ3) is 6.68. The summed E-state index contributed by atoms with van der Waals surface area (Å²) in [6, 6.07) is 22.7. The van der Waals surface area contributed by atoms with Gasteiger partial charge < -0.3 is 21.5 Å². The van der Waals surface area contributed by atoms with Crippen molar-refractivity contribution in [3.63, 3.8) is 0 Å². The summed E-state index contributed by atoms with van der Waals surface area (Å²) in [7, 11) is 0. The third-order valence-corrected chi connectivity index (χ3v) is 7.47. The monoisotopic (exact) mass is 529 g/mol. The summed E-state index contributed by atoms with van der Waals surface area (Å²) < 4.78 is 0. The van der Waals surface area contributed by atoms with Crippen LogP contribution in [0.1, 0.15) is 34.0 Å². The molecule has 3 unspecified atom stereocenters. The molecule has 3 aromatic rings. The van der Waals surface area contributed by atoms with Gasteiger partial charge >= 0.3 is 5.97 Å². The number of benzene rings is 3. The second kappa shape index (κ2) is 12.2. The molecule has 0 saturated carbocycles. The van der Waals surface area contributed by atoms with Crippen molar-refractivity contribution in [2.45, 2.75) is 23.0 Å². The molecule has 1 aliphatic carbocycles. The molecule has 194 valence electrons. The van der Waals surface area contributed by atoms with E-state index in [4.69, 9.17) is 5.73 Å².